The number of nitrogens with zero attached hydrogens (tertiary/aromatic N) is 1. The van der Waals surface area contributed by atoms with Gasteiger partial charge in [-0.25, -0.2) is 9.69 Å². The maximum Gasteiger partial charge on any atom is 0.335 e. The molecule has 1 N–H and O–H groups in total. The molecule has 1 heterocycles. The van der Waals surface area contributed by atoms with Crippen LogP contribution < -0.4 is 15.0 Å². The number of carbonyl (C=O) groups excluding carboxylic acids is 3. The minimum absolute atomic E-state index is 0.152. The van der Waals surface area contributed by atoms with Crippen LogP contribution in [0.4, 0.5) is 10.5 Å². The molecule has 1 fully saturated rings. The van der Waals surface area contributed by atoms with Gasteiger partial charge in [0.05, 0.1) is 16.8 Å². The fourth-order valence-electron chi connectivity index (χ4n) is 2.53. The average molecular weight is 450 g/mol. The average Bonchev–Trinajstić information content (AvgIpc) is 2.62. The Balaban J connectivity index is 1.96. The molecule has 0 aliphatic carbocycles. The molecule has 3 rings (SSSR count). The third-order valence-electron chi connectivity index (χ3n) is 3.75. The van der Waals surface area contributed by atoms with Crippen LogP contribution in [0.25, 0.3) is 6.08 Å². The van der Waals surface area contributed by atoms with Gasteiger partial charge in [-0.3, -0.25) is 14.9 Å². The lowest BCUT2D eigenvalue weighted by atomic mass is 10.1. The molecule has 1 saturated heterocycles. The first kappa shape index (κ1) is 19.1. The number of hydrogen-bond donors (Lipinski definition) is 1. The second kappa shape index (κ2) is 7.94. The molecule has 1 aliphatic heterocycles. The largest absolute Gasteiger partial charge is 0.493 e. The van der Waals surface area contributed by atoms with Crippen molar-refractivity contribution in [3.05, 3.63) is 63.1 Å². The second-order valence-electron chi connectivity index (χ2n) is 5.56. The molecule has 2 aromatic rings. The van der Waals surface area contributed by atoms with Gasteiger partial charge < -0.3 is 4.74 Å². The van der Waals surface area contributed by atoms with Gasteiger partial charge in [-0.2, -0.15) is 0 Å². The fourth-order valence-corrected chi connectivity index (χ4v) is 3.17. The van der Waals surface area contributed by atoms with Crippen molar-refractivity contribution in [2.24, 2.45) is 0 Å². The van der Waals surface area contributed by atoms with E-state index in [2.05, 4.69) is 21.2 Å². The zero-order valence-electron chi connectivity index (χ0n) is 14.2. The van der Waals surface area contributed by atoms with Crippen LogP contribution >= 0.6 is 27.5 Å². The molecule has 0 spiro atoms. The summed E-state index contributed by atoms with van der Waals surface area (Å²) in [6.45, 7) is 2.38. The highest BCUT2D eigenvalue weighted by atomic mass is 79.9. The minimum atomic E-state index is -0.808. The van der Waals surface area contributed by atoms with Crippen LogP contribution in [0.1, 0.15) is 12.5 Å². The molecule has 27 heavy (non-hydrogen) atoms. The first-order valence-corrected chi connectivity index (χ1v) is 9.17. The van der Waals surface area contributed by atoms with Crippen LogP contribution in [0.2, 0.25) is 5.02 Å². The van der Waals surface area contributed by atoms with Gasteiger partial charge in [-0.15, -0.1) is 0 Å². The number of nitrogens with one attached hydrogen (secondary N) is 1. The van der Waals surface area contributed by atoms with Gasteiger partial charge in [0.2, 0.25) is 0 Å². The standard InChI is InChI=1S/C19H14BrClN2O4/c1-2-27-16-8-3-11(10-15(16)20)9-14-17(24)22-19(26)23(18(14)25)13-6-4-12(21)5-7-13/h3-10H,2H2,1H3,(H,22,24,26). The van der Waals surface area contributed by atoms with Crippen LogP contribution in [0, 0.1) is 0 Å². The third kappa shape index (κ3) is 4.04. The maximum atomic E-state index is 12.8. The summed E-state index contributed by atoms with van der Waals surface area (Å²) >= 11 is 9.24. The first-order chi connectivity index (χ1) is 12.9. The number of urea groups is 1. The molecule has 0 bridgehead atoms. The van der Waals surface area contributed by atoms with Gasteiger partial charge >= 0.3 is 6.03 Å². The Morgan fingerprint density at radius 1 is 1.15 bits per heavy atom. The van der Waals surface area contributed by atoms with E-state index in [0.717, 1.165) is 4.90 Å². The zero-order valence-corrected chi connectivity index (χ0v) is 16.5. The van der Waals surface area contributed by atoms with Crippen molar-refractivity contribution < 1.29 is 19.1 Å². The summed E-state index contributed by atoms with van der Waals surface area (Å²) in [5.41, 5.74) is 0.767. The first-order valence-electron chi connectivity index (χ1n) is 8.00. The summed E-state index contributed by atoms with van der Waals surface area (Å²) in [4.78, 5) is 38.1. The Kier molecular flexibility index (Phi) is 5.62. The van der Waals surface area contributed by atoms with Gasteiger partial charge in [0.1, 0.15) is 11.3 Å². The maximum absolute atomic E-state index is 12.8. The van der Waals surface area contributed by atoms with E-state index in [4.69, 9.17) is 16.3 Å². The molecular formula is C19H14BrClN2O4. The van der Waals surface area contributed by atoms with Crippen molar-refractivity contribution in [2.75, 3.05) is 11.5 Å². The molecule has 0 aromatic heterocycles. The molecular weight excluding hydrogens is 436 g/mol. The number of amides is 4. The van der Waals surface area contributed by atoms with E-state index >= 15 is 0 Å². The lowest BCUT2D eigenvalue weighted by Crippen LogP contribution is -2.54. The number of hydrogen-bond acceptors (Lipinski definition) is 4. The number of benzene rings is 2. The van der Waals surface area contributed by atoms with Gasteiger partial charge in [0.15, 0.2) is 0 Å². The van der Waals surface area contributed by atoms with Gasteiger partial charge in [-0.05, 0) is 70.9 Å². The number of imide groups is 2. The van der Waals surface area contributed by atoms with Crippen LogP contribution in [-0.2, 0) is 9.59 Å². The van der Waals surface area contributed by atoms with E-state index in [9.17, 15) is 14.4 Å². The van der Waals surface area contributed by atoms with Crippen molar-refractivity contribution in [3.8, 4) is 5.75 Å². The van der Waals surface area contributed by atoms with Gasteiger partial charge in [-0.1, -0.05) is 17.7 Å². The van der Waals surface area contributed by atoms with E-state index in [-0.39, 0.29) is 5.57 Å². The van der Waals surface area contributed by atoms with E-state index < -0.39 is 17.8 Å². The third-order valence-corrected chi connectivity index (χ3v) is 4.62. The molecule has 0 unspecified atom stereocenters. The number of rotatable bonds is 4. The molecule has 0 atom stereocenters. The summed E-state index contributed by atoms with van der Waals surface area (Å²) in [6, 6.07) is 10.5. The van der Waals surface area contributed by atoms with Crippen LogP contribution in [0.15, 0.2) is 52.5 Å². The smallest absolute Gasteiger partial charge is 0.335 e. The van der Waals surface area contributed by atoms with E-state index in [1.54, 1.807) is 30.3 Å². The number of halogens is 2. The molecule has 1 aliphatic rings. The van der Waals surface area contributed by atoms with Crippen molar-refractivity contribution in [2.45, 2.75) is 6.92 Å². The molecule has 4 amide bonds. The molecule has 2 aromatic carbocycles. The summed E-state index contributed by atoms with van der Waals surface area (Å²) in [6.07, 6.45) is 1.42. The highest BCUT2D eigenvalue weighted by Gasteiger charge is 2.36. The summed E-state index contributed by atoms with van der Waals surface area (Å²) in [5, 5.41) is 2.65. The highest BCUT2D eigenvalue weighted by molar-refractivity contribution is 9.10. The van der Waals surface area contributed by atoms with E-state index in [1.807, 2.05) is 6.92 Å². The van der Waals surface area contributed by atoms with Crippen molar-refractivity contribution in [3.63, 3.8) is 0 Å². The second-order valence-corrected chi connectivity index (χ2v) is 6.85. The van der Waals surface area contributed by atoms with Crippen molar-refractivity contribution in [1.82, 2.24) is 5.32 Å². The fraction of sp³-hybridized carbons (Fsp3) is 0.105. The Morgan fingerprint density at radius 2 is 1.85 bits per heavy atom. The molecule has 138 valence electrons. The van der Waals surface area contributed by atoms with E-state index in [0.29, 0.717) is 33.1 Å². The van der Waals surface area contributed by atoms with Crippen molar-refractivity contribution in [1.29, 1.82) is 0 Å². The molecule has 8 heteroatoms. The summed E-state index contributed by atoms with van der Waals surface area (Å²) in [7, 11) is 0. The summed E-state index contributed by atoms with van der Waals surface area (Å²) < 4.78 is 6.13. The SMILES string of the molecule is CCOc1ccc(C=C2C(=O)NC(=O)N(c3ccc(Cl)cc3)C2=O)cc1Br. The molecule has 0 radical (unpaired) electrons. The normalized spacial score (nSPS) is 15.9. The van der Waals surface area contributed by atoms with Crippen molar-refractivity contribution >= 4 is 57.1 Å². The monoisotopic (exact) mass is 448 g/mol. The lowest BCUT2D eigenvalue weighted by Gasteiger charge is -2.26. The number of ether oxygens (including phenoxy) is 1. The molecule has 0 saturated carbocycles. The Labute approximate surface area is 168 Å². The van der Waals surface area contributed by atoms with Gasteiger partial charge in [0, 0.05) is 5.02 Å². The quantitative estimate of drug-likeness (QED) is 0.561. The lowest BCUT2D eigenvalue weighted by molar-refractivity contribution is -0.122. The topological polar surface area (TPSA) is 75.7 Å². The van der Waals surface area contributed by atoms with Crippen LogP contribution in [-0.4, -0.2) is 24.5 Å². The van der Waals surface area contributed by atoms with Gasteiger partial charge in [0.25, 0.3) is 11.8 Å². The summed E-state index contributed by atoms with van der Waals surface area (Å²) in [5.74, 6) is -0.812. The predicted octanol–water partition coefficient (Wildman–Crippen LogP) is 4.17. The molecule has 6 nitrogen and oxygen atoms in total. The Bertz CT molecular complexity index is 957. The van der Waals surface area contributed by atoms with Crippen LogP contribution in [0.5, 0.6) is 5.75 Å². The van der Waals surface area contributed by atoms with Crippen LogP contribution in [0.3, 0.4) is 0 Å². The minimum Gasteiger partial charge on any atom is -0.493 e. The number of carbonyl (C=O) groups is 3. The number of barbiturate groups is 1. The predicted molar refractivity (Wildman–Crippen MR) is 106 cm³/mol. The highest BCUT2D eigenvalue weighted by Crippen LogP contribution is 2.28. The Hall–Kier alpha value is -2.64. The van der Waals surface area contributed by atoms with E-state index in [1.165, 1.54) is 18.2 Å². The zero-order chi connectivity index (χ0) is 19.6. The number of anilines is 1. The Morgan fingerprint density at radius 3 is 2.48 bits per heavy atom.